The van der Waals surface area contributed by atoms with E-state index in [4.69, 9.17) is 491 Å². The SMILES string of the molecule is [B][B]B([B])B(B([B])[B])B(B(B([B])[B])B([B])[B])B(B(B(B([B])[B])B([B])[B])B(B([B])[B])B([B])[B])[Si](CN)(O[Si](CN)(B(B(B([B])B([B])[B])B(B([B])[B])B([B])[B])B(B(B([B])[B])B([B])[B])B(B([B])[B])B([B])[B])B(B(B([B][B])B([B])[B])B(B([B])[B])B([B])[B])B(B(B([B])[B])B([B])[B])B(B([B])[B])B([B])[B])B(B(B(B([B])[B])B([B])[B])B(B([B])[B])B([B])[B])B(B(B([B])[B])B([B])[B])B(B([B])[B])B([B])[B]. The Morgan fingerprint density at radius 1 is 0.155 bits per heavy atom. The molecule has 126 radical (unpaired) electrons. The van der Waals surface area contributed by atoms with Crippen LogP contribution in [-0.4, -0.2) is 891 Å². The average molecular weight is 1450 g/mol. The normalized spacial score (nSPS) is 11.0. The second-order valence-corrected chi connectivity index (χ2v) is 44.2. The zero-order valence-electron chi connectivity index (χ0n) is 74.4. The molecule has 3 nitrogen and oxygen atoms in total. The van der Waals surface area contributed by atoms with Gasteiger partial charge >= 0.3 is 0 Å². The van der Waals surface area contributed by atoms with Gasteiger partial charge in [0.05, 0.1) is 40.5 Å². The van der Waals surface area contributed by atoms with Crippen LogP contribution < -0.4 is 11.5 Å². The van der Waals surface area contributed by atoms with E-state index in [2.05, 4.69) is 0 Å². The van der Waals surface area contributed by atoms with E-state index in [1.165, 1.54) is 0 Å². The summed E-state index contributed by atoms with van der Waals surface area (Å²) in [6.07, 6.45) is -125. The van der Waals surface area contributed by atoms with Gasteiger partial charge in [0, 0.05) is 839 Å². The molecule has 129 heavy (non-hydrogen) atoms. The summed E-state index contributed by atoms with van der Waals surface area (Å²) < 4.78 is 9.96. The maximum absolute atomic E-state index is 9.96. The van der Waals surface area contributed by atoms with E-state index in [1.807, 2.05) is 0 Å². The number of hydrogen-bond acceptors (Lipinski definition) is 3. The quantitative estimate of drug-likeness (QED) is 0.0597. The van der Waals surface area contributed by atoms with Gasteiger partial charge in [-0.15, -0.1) is 0 Å². The summed E-state index contributed by atoms with van der Waals surface area (Å²) >= 11 is 0. The highest BCUT2D eigenvalue weighted by molar-refractivity contribution is 8.41. The van der Waals surface area contributed by atoms with Crippen LogP contribution in [-0.2, 0) is 4.12 Å². The van der Waals surface area contributed by atoms with Gasteiger partial charge in [-0.1, -0.05) is 0 Å². The molecule has 406 valence electrons. The minimum atomic E-state index is -7.14. The Hall–Kier alpha value is 8.24. The maximum atomic E-state index is 9.96. The van der Waals surface area contributed by atoms with Gasteiger partial charge in [0.1, 0.15) is 0 Å². The molecule has 4 N–H and O–H groups in total. The van der Waals surface area contributed by atoms with Crippen LogP contribution in [0.2, 0.25) is 0 Å². The Balaban J connectivity index is 16.9. The Labute approximate surface area is 897 Å². The van der Waals surface area contributed by atoms with Crippen molar-refractivity contribution in [1.29, 1.82) is 0 Å². The predicted molar refractivity (Wildman–Crippen MR) is 733 cm³/mol. The molecular formula is C2H8B122N2OSi2. The Morgan fingerprint density at radius 2 is 0.287 bits per heavy atom. The third kappa shape index (κ3) is 35.2. The molecule has 0 spiro atoms. The van der Waals surface area contributed by atoms with E-state index in [1.54, 1.807) is 0 Å². The highest BCUT2D eigenvalue weighted by Crippen LogP contribution is 2.39. The highest BCUT2D eigenvalue weighted by atomic mass is 28.4. The van der Waals surface area contributed by atoms with E-state index in [0.29, 0.717) is 0 Å². The molecule has 0 saturated carbocycles. The third-order valence-corrected chi connectivity index (χ3v) is 39.4. The summed E-state index contributed by atoms with van der Waals surface area (Å²) in [5.41, 5.74) is 17.3. The lowest BCUT2D eigenvalue weighted by Crippen LogP contribution is -3.04. The standard InChI is InChI=1S/C2H8B122N2OSi2/c3-65-96(63)112(95(61)62)120(111(93(57)58)94(59)60)124(119(109(89(49)50)90(51)52)110(91(53)54)92(55)56)129(2-126,123(117(105(81(33)34)82(35)36)106(83(37)38)84(39)40)118(107(85(41)42)86(43)44)108(87(45)46)88(47)48)127-128(1-125,121(113(97(64)67(5)6)99(69(9)10)70(11)12)115(101(73(17)18)74(19)20)102(75(21)22)76(23)24)122(114(98(66-4)68(7)8)100(71(13)14)72(15)16)116(103(77(25)26)78(27)28)104(79(29)30)80(31)32/h1-2,125-126H2. The summed E-state index contributed by atoms with van der Waals surface area (Å²) in [7, 11) is 443. The predicted octanol–water partition coefficient (Wildman–Crippen LogP) is -48.4. The van der Waals surface area contributed by atoms with Crippen molar-refractivity contribution in [3.63, 3.8) is 0 Å². The van der Waals surface area contributed by atoms with Crippen LogP contribution in [0.5, 0.6) is 0 Å². The molecular weight excluding hydrogens is 1440 g/mol. The Kier molecular flexibility index (Phi) is 66.8. The maximum Gasteiger partial charge on any atom is 0.0882 e. The molecule has 127 heteroatoms. The van der Waals surface area contributed by atoms with Crippen LogP contribution in [0.15, 0.2) is 0 Å². The fourth-order valence-electron chi connectivity index (χ4n) is 22.9. The van der Waals surface area contributed by atoms with Crippen molar-refractivity contribution in [1.82, 2.24) is 0 Å². The van der Waals surface area contributed by atoms with Crippen molar-refractivity contribution >= 4 is 879 Å². The zero-order chi connectivity index (χ0) is 102. The smallest absolute Gasteiger partial charge is 0.0882 e. The fourth-order valence-corrected chi connectivity index (χ4v) is 39.3. The van der Waals surface area contributed by atoms with Gasteiger partial charge in [0.15, 0.2) is 0 Å². The van der Waals surface area contributed by atoms with E-state index in [9.17, 15) is 4.12 Å². The van der Waals surface area contributed by atoms with Crippen LogP contribution in [0.25, 0.3) is 0 Å². The summed E-state index contributed by atoms with van der Waals surface area (Å²) in [6.45, 7) is 0. The zero-order valence-corrected chi connectivity index (χ0v) is 76.4. The summed E-state index contributed by atoms with van der Waals surface area (Å²) in [5, 5.41) is 0. The molecule has 0 saturated heterocycles. The monoisotopic (exact) mass is 1480 g/mol. The third-order valence-electron chi connectivity index (χ3n) is 27.5. The van der Waals surface area contributed by atoms with E-state index in [0.717, 1.165) is 14.1 Å². The summed E-state index contributed by atoms with van der Waals surface area (Å²) in [5.74, 6) is 0. The first kappa shape index (κ1) is 137. The van der Waals surface area contributed by atoms with Gasteiger partial charge < -0.3 is 15.6 Å². The fraction of sp³-hybridized carbons (Fsp3) is 1.00. The van der Waals surface area contributed by atoms with Crippen LogP contribution in [0, 0.1) is 0 Å². The molecule has 0 aliphatic heterocycles. The first-order chi connectivity index (χ1) is 58.9. The number of hydrogen-bond donors (Lipinski definition) is 2. The number of rotatable bonds is 64. The van der Waals surface area contributed by atoms with Crippen molar-refractivity contribution in [3.8, 4) is 0 Å². The molecule has 0 rings (SSSR count). The minimum Gasteiger partial charge on any atom is -0.481 e. The van der Waals surface area contributed by atoms with Crippen LogP contribution in [0.3, 0.4) is 0 Å². The molecule has 0 aliphatic rings. The van der Waals surface area contributed by atoms with E-state index < -0.39 is 398 Å². The van der Waals surface area contributed by atoms with Gasteiger partial charge in [-0.25, -0.2) is 0 Å². The molecule has 0 aromatic rings. The molecule has 0 heterocycles. The lowest BCUT2D eigenvalue weighted by molar-refractivity contribution is 0.597. The Morgan fingerprint density at radius 3 is 0.411 bits per heavy atom. The van der Waals surface area contributed by atoms with Gasteiger partial charge in [0.2, 0.25) is 0 Å². The topological polar surface area (TPSA) is 61.3 Å². The van der Waals surface area contributed by atoms with Gasteiger partial charge in [0.25, 0.3) is 0 Å². The summed E-state index contributed by atoms with van der Waals surface area (Å²) in [4.78, 5) is 0. The number of nitrogens with two attached hydrogens (primary N) is 2. The molecule has 2 unspecified atom stereocenters. The van der Waals surface area contributed by atoms with Crippen LogP contribution in [0.4, 0.5) is 0 Å². The van der Waals surface area contributed by atoms with E-state index >= 15 is 0 Å². The lowest BCUT2D eigenvalue weighted by atomic mass is 8.35. The molecule has 0 aromatic carbocycles. The highest BCUT2D eigenvalue weighted by Gasteiger charge is 2.76. The Bertz CT molecular complexity index is 2640. The lowest BCUT2D eigenvalue weighted by Gasteiger charge is -2.68. The molecule has 0 bridgehead atoms. The molecule has 0 aromatic heterocycles. The van der Waals surface area contributed by atoms with Gasteiger partial charge in [-0.05, 0) is 12.3 Å². The largest absolute Gasteiger partial charge is 0.481 e. The molecule has 0 aliphatic carbocycles. The van der Waals surface area contributed by atoms with Gasteiger partial charge in [-0.2, -0.15) is 0 Å². The van der Waals surface area contributed by atoms with Crippen LogP contribution in [0.1, 0.15) is 0 Å². The second-order valence-electron chi connectivity index (χ2n) is 36.1. The van der Waals surface area contributed by atoms with Crippen molar-refractivity contribution < 1.29 is 4.12 Å². The van der Waals surface area contributed by atoms with Crippen molar-refractivity contribution in [2.24, 2.45) is 11.5 Å². The first-order valence-electron chi connectivity index (χ1n) is 42.4. The molecule has 0 amide bonds. The second kappa shape index (κ2) is 62.8. The van der Waals surface area contributed by atoms with Gasteiger partial charge in [-0.3, -0.25) is 0 Å². The van der Waals surface area contributed by atoms with Crippen molar-refractivity contribution in [3.05, 3.63) is 0 Å². The van der Waals surface area contributed by atoms with Crippen molar-refractivity contribution in [2.75, 3.05) is 12.3 Å². The van der Waals surface area contributed by atoms with Crippen LogP contribution >= 0.6 is 0 Å². The first-order valence-corrected chi connectivity index (χ1v) is 47.0. The van der Waals surface area contributed by atoms with E-state index in [-0.39, 0.29) is 0 Å². The minimum absolute atomic E-state index is 0.901. The average Bonchev–Trinajstić information content (AvgIpc) is 0.685. The molecule has 0 fully saturated rings. The summed E-state index contributed by atoms with van der Waals surface area (Å²) in [6, 6.07) is 0. The van der Waals surface area contributed by atoms with Crippen molar-refractivity contribution in [2.45, 2.75) is 0 Å². The molecule has 2 atom stereocenters.